The fourth-order valence-corrected chi connectivity index (χ4v) is 1.93. The number of benzene rings is 1. The second-order valence-electron chi connectivity index (χ2n) is 4.23. The van der Waals surface area contributed by atoms with Gasteiger partial charge in [-0.15, -0.1) is 0 Å². The molecule has 0 aromatic heterocycles. The van der Waals surface area contributed by atoms with Gasteiger partial charge in [0.1, 0.15) is 11.4 Å². The Kier molecular flexibility index (Phi) is 5.10. The summed E-state index contributed by atoms with van der Waals surface area (Å²) >= 11 is 0. The van der Waals surface area contributed by atoms with Crippen molar-refractivity contribution in [2.45, 2.75) is 25.1 Å². The van der Waals surface area contributed by atoms with E-state index in [9.17, 15) is 22.4 Å². The molecule has 0 bridgehead atoms. The molecular formula is C13H15F4NO2. The molecular weight excluding hydrogens is 278 g/mol. The molecule has 1 aromatic carbocycles. The van der Waals surface area contributed by atoms with E-state index < -0.39 is 30.0 Å². The number of esters is 1. The van der Waals surface area contributed by atoms with Crippen LogP contribution in [0.15, 0.2) is 24.3 Å². The molecule has 0 saturated carbocycles. The van der Waals surface area contributed by atoms with Gasteiger partial charge in [0.25, 0.3) is 0 Å². The summed E-state index contributed by atoms with van der Waals surface area (Å²) in [7, 11) is 1.09. The zero-order valence-corrected chi connectivity index (χ0v) is 11.1. The molecule has 0 radical (unpaired) electrons. The number of carbonyl (C=O) groups excluding carboxylic acids is 1. The lowest BCUT2D eigenvalue weighted by Crippen LogP contribution is -2.52. The zero-order chi connectivity index (χ0) is 15.4. The summed E-state index contributed by atoms with van der Waals surface area (Å²) in [5.41, 5.74) is -1.43. The molecule has 112 valence electrons. The maximum absolute atomic E-state index is 12.9. The van der Waals surface area contributed by atoms with Crippen molar-refractivity contribution in [1.29, 1.82) is 0 Å². The fraction of sp³-hybridized carbons (Fsp3) is 0.462. The van der Waals surface area contributed by atoms with Crippen LogP contribution in [0.2, 0.25) is 0 Å². The van der Waals surface area contributed by atoms with E-state index in [1.807, 2.05) is 0 Å². The highest BCUT2D eigenvalue weighted by Crippen LogP contribution is 2.28. The first-order valence-electron chi connectivity index (χ1n) is 5.91. The molecule has 20 heavy (non-hydrogen) atoms. The van der Waals surface area contributed by atoms with Crippen LogP contribution < -0.4 is 5.32 Å². The monoisotopic (exact) mass is 293 g/mol. The Hall–Kier alpha value is -1.63. The lowest BCUT2D eigenvalue weighted by Gasteiger charge is -2.32. The first-order valence-corrected chi connectivity index (χ1v) is 5.91. The Labute approximate surface area is 113 Å². The second kappa shape index (κ2) is 6.21. The van der Waals surface area contributed by atoms with E-state index in [0.717, 1.165) is 19.2 Å². The predicted octanol–water partition coefficient (Wildman–Crippen LogP) is 2.76. The first kappa shape index (κ1) is 16.4. The average molecular weight is 293 g/mol. The second-order valence-corrected chi connectivity index (χ2v) is 4.23. The molecule has 1 rings (SSSR count). The standard InChI is InChI=1S/C13H15F4NO2/c1-3-12(11(19)20-2,18-8-13(15,16)17)9-4-6-10(14)7-5-9/h4-7,18H,3,8H2,1-2H3. The van der Waals surface area contributed by atoms with Gasteiger partial charge in [-0.05, 0) is 24.1 Å². The smallest absolute Gasteiger partial charge is 0.401 e. The van der Waals surface area contributed by atoms with Crippen molar-refractivity contribution < 1.29 is 27.1 Å². The van der Waals surface area contributed by atoms with Gasteiger partial charge >= 0.3 is 12.1 Å². The van der Waals surface area contributed by atoms with Crippen LogP contribution >= 0.6 is 0 Å². The van der Waals surface area contributed by atoms with Crippen LogP contribution in [-0.2, 0) is 15.1 Å². The van der Waals surface area contributed by atoms with Crippen LogP contribution in [-0.4, -0.2) is 25.8 Å². The van der Waals surface area contributed by atoms with Crippen molar-refractivity contribution in [3.63, 3.8) is 0 Å². The van der Waals surface area contributed by atoms with Crippen molar-refractivity contribution in [2.75, 3.05) is 13.7 Å². The van der Waals surface area contributed by atoms with E-state index in [4.69, 9.17) is 0 Å². The zero-order valence-electron chi connectivity index (χ0n) is 11.1. The Morgan fingerprint density at radius 3 is 2.20 bits per heavy atom. The molecule has 1 aromatic rings. The lowest BCUT2D eigenvalue weighted by molar-refractivity contribution is -0.154. The normalized spacial score (nSPS) is 14.7. The Balaban J connectivity index is 3.17. The Bertz CT molecular complexity index is 458. The molecule has 1 N–H and O–H groups in total. The van der Waals surface area contributed by atoms with Gasteiger partial charge in [0.2, 0.25) is 0 Å². The summed E-state index contributed by atoms with van der Waals surface area (Å²) in [5.74, 6) is -1.39. The summed E-state index contributed by atoms with van der Waals surface area (Å²) in [6.45, 7) is 0.191. The van der Waals surface area contributed by atoms with Crippen molar-refractivity contribution in [3.8, 4) is 0 Å². The molecule has 1 atom stereocenters. The third-order valence-electron chi connectivity index (χ3n) is 2.99. The van der Waals surface area contributed by atoms with E-state index >= 15 is 0 Å². The van der Waals surface area contributed by atoms with Gasteiger partial charge in [0.05, 0.1) is 13.7 Å². The van der Waals surface area contributed by atoms with Gasteiger partial charge in [0.15, 0.2) is 0 Å². The summed E-state index contributed by atoms with van der Waals surface area (Å²) in [4.78, 5) is 11.9. The SMILES string of the molecule is CCC(NCC(F)(F)F)(C(=O)OC)c1ccc(F)cc1. The van der Waals surface area contributed by atoms with Gasteiger partial charge in [-0.25, -0.2) is 9.18 Å². The molecule has 0 aliphatic rings. The van der Waals surface area contributed by atoms with E-state index in [0.29, 0.717) is 0 Å². The minimum atomic E-state index is -4.48. The maximum Gasteiger partial charge on any atom is 0.401 e. The summed E-state index contributed by atoms with van der Waals surface area (Å²) in [6.07, 6.45) is -4.45. The van der Waals surface area contributed by atoms with Crippen LogP contribution in [0, 0.1) is 5.82 Å². The molecule has 0 spiro atoms. The van der Waals surface area contributed by atoms with Crippen LogP contribution in [0.25, 0.3) is 0 Å². The van der Waals surface area contributed by atoms with Crippen LogP contribution in [0.3, 0.4) is 0 Å². The predicted molar refractivity (Wildman–Crippen MR) is 64.4 cm³/mol. The van der Waals surface area contributed by atoms with Gasteiger partial charge in [-0.1, -0.05) is 19.1 Å². The highest BCUT2D eigenvalue weighted by molar-refractivity contribution is 5.82. The number of rotatable bonds is 5. The number of methoxy groups -OCH3 is 1. The molecule has 0 fully saturated rings. The number of alkyl halides is 3. The van der Waals surface area contributed by atoms with Gasteiger partial charge in [0, 0.05) is 0 Å². The number of halogens is 4. The average Bonchev–Trinajstić information content (AvgIpc) is 2.40. The van der Waals surface area contributed by atoms with Crippen molar-refractivity contribution in [3.05, 3.63) is 35.6 Å². The summed E-state index contributed by atoms with van der Waals surface area (Å²) in [5, 5.41) is 2.19. The highest BCUT2D eigenvalue weighted by atomic mass is 19.4. The molecule has 0 saturated heterocycles. The Morgan fingerprint density at radius 1 is 1.25 bits per heavy atom. The molecule has 1 unspecified atom stereocenters. The fourth-order valence-electron chi connectivity index (χ4n) is 1.93. The molecule has 0 aliphatic carbocycles. The minimum Gasteiger partial charge on any atom is -0.467 e. The van der Waals surface area contributed by atoms with Crippen LogP contribution in [0.5, 0.6) is 0 Å². The molecule has 0 amide bonds. The van der Waals surface area contributed by atoms with Gasteiger partial charge in [-0.2, -0.15) is 13.2 Å². The number of carbonyl (C=O) groups is 1. The Morgan fingerprint density at radius 2 is 1.80 bits per heavy atom. The molecule has 0 aliphatic heterocycles. The van der Waals surface area contributed by atoms with E-state index in [1.165, 1.54) is 12.1 Å². The number of ether oxygens (including phenoxy) is 1. The largest absolute Gasteiger partial charge is 0.467 e. The molecule has 0 heterocycles. The first-order chi connectivity index (χ1) is 9.25. The van der Waals surface area contributed by atoms with E-state index in [1.54, 1.807) is 6.92 Å². The van der Waals surface area contributed by atoms with Crippen LogP contribution in [0.1, 0.15) is 18.9 Å². The quantitative estimate of drug-likeness (QED) is 0.670. The number of hydrogen-bond acceptors (Lipinski definition) is 3. The maximum atomic E-state index is 12.9. The minimum absolute atomic E-state index is 0.0292. The molecule has 7 heteroatoms. The third kappa shape index (κ3) is 3.69. The van der Waals surface area contributed by atoms with Crippen molar-refractivity contribution in [2.24, 2.45) is 0 Å². The van der Waals surface area contributed by atoms with E-state index in [-0.39, 0.29) is 12.0 Å². The van der Waals surface area contributed by atoms with Crippen molar-refractivity contribution in [1.82, 2.24) is 5.32 Å². The number of hydrogen-bond donors (Lipinski definition) is 1. The number of nitrogens with one attached hydrogen (secondary N) is 1. The lowest BCUT2D eigenvalue weighted by atomic mass is 9.87. The molecule has 3 nitrogen and oxygen atoms in total. The topological polar surface area (TPSA) is 38.3 Å². The van der Waals surface area contributed by atoms with Crippen LogP contribution in [0.4, 0.5) is 17.6 Å². The summed E-state index contributed by atoms with van der Waals surface area (Å²) < 4.78 is 54.7. The van der Waals surface area contributed by atoms with Gasteiger partial charge < -0.3 is 4.74 Å². The highest BCUT2D eigenvalue weighted by Gasteiger charge is 2.42. The summed E-state index contributed by atoms with van der Waals surface area (Å²) in [6, 6.07) is 4.69. The van der Waals surface area contributed by atoms with E-state index in [2.05, 4.69) is 10.1 Å². The van der Waals surface area contributed by atoms with Gasteiger partial charge in [-0.3, -0.25) is 5.32 Å². The van der Waals surface area contributed by atoms with Crippen molar-refractivity contribution >= 4 is 5.97 Å². The third-order valence-corrected chi connectivity index (χ3v) is 2.99.